The predicted molar refractivity (Wildman–Crippen MR) is 34.4 cm³/mol. The predicted octanol–water partition coefficient (Wildman–Crippen LogP) is 2.61. The molecule has 0 saturated carbocycles. The zero-order valence-corrected chi connectivity index (χ0v) is 5.54. The molecule has 0 aliphatic carbocycles. The fourth-order valence-electron chi connectivity index (χ4n) is 0.258. The molecule has 0 aromatic rings. The van der Waals surface area contributed by atoms with Crippen molar-refractivity contribution in [2.24, 2.45) is 0 Å². The summed E-state index contributed by atoms with van der Waals surface area (Å²) in [5.41, 5.74) is 0. The summed E-state index contributed by atoms with van der Waals surface area (Å²) in [6.07, 6.45) is 1.71. The number of rotatable bonds is 3. The van der Waals surface area contributed by atoms with Gasteiger partial charge in [0.15, 0.2) is 0 Å². The van der Waals surface area contributed by atoms with Crippen molar-refractivity contribution >= 4 is 23.2 Å². The molecule has 42 valence electrons. The normalized spacial score (nSPS) is 14.1. The molecular weight excluding hydrogens is 131 g/mol. The van der Waals surface area contributed by atoms with Crippen LogP contribution in [0.4, 0.5) is 0 Å². The average Bonchev–Trinajstić information content (AvgIpc) is 1.68. The Morgan fingerprint density at radius 3 is 2.43 bits per heavy atom. The van der Waals surface area contributed by atoms with Gasteiger partial charge in [0, 0.05) is 0 Å². The molecule has 0 saturated heterocycles. The van der Waals surface area contributed by atoms with E-state index in [2.05, 4.69) is 6.92 Å². The van der Waals surface area contributed by atoms with Crippen LogP contribution in [0.5, 0.6) is 0 Å². The Morgan fingerprint density at radius 1 is 1.71 bits per heavy atom. The van der Waals surface area contributed by atoms with Crippen LogP contribution in [0.15, 0.2) is 0 Å². The number of alkyl halides is 1. The summed E-state index contributed by atoms with van der Waals surface area (Å²) in [5.74, 6) is 1.45. The molecule has 0 spiro atoms. The highest BCUT2D eigenvalue weighted by Crippen LogP contribution is 2.09. The van der Waals surface area contributed by atoms with Gasteiger partial charge >= 0.3 is 0 Å². The van der Waals surface area contributed by atoms with Crippen molar-refractivity contribution in [2.75, 3.05) is 0 Å². The summed E-state index contributed by atoms with van der Waals surface area (Å²) in [4.78, 5) is 0. The van der Waals surface area contributed by atoms with E-state index in [1.165, 1.54) is 5.88 Å². The molecule has 0 aromatic heterocycles. The quantitative estimate of drug-likeness (QED) is 0.527. The van der Waals surface area contributed by atoms with E-state index in [9.17, 15) is 0 Å². The van der Waals surface area contributed by atoms with E-state index in [1.54, 1.807) is 0 Å². The SMILES string of the molecule is [CH2]CCC(Cl)[CH]Cl. The Balaban J connectivity index is 2.83. The summed E-state index contributed by atoms with van der Waals surface area (Å²) >= 11 is 10.8. The molecule has 0 nitrogen and oxygen atoms in total. The first-order chi connectivity index (χ1) is 3.31. The average molecular weight is 139 g/mol. The van der Waals surface area contributed by atoms with E-state index < -0.39 is 0 Å². The fourth-order valence-corrected chi connectivity index (χ4v) is 0.538. The molecule has 1 atom stereocenters. The fraction of sp³-hybridized carbons (Fsp3) is 0.600. The maximum atomic E-state index is 5.54. The Hall–Kier alpha value is 0.580. The Bertz CT molecular complexity index is 37.1. The van der Waals surface area contributed by atoms with E-state index in [4.69, 9.17) is 23.2 Å². The summed E-state index contributed by atoms with van der Waals surface area (Å²) in [6, 6.07) is 0. The molecule has 2 heteroatoms. The van der Waals surface area contributed by atoms with Crippen LogP contribution in [-0.4, -0.2) is 5.38 Å². The van der Waals surface area contributed by atoms with Gasteiger partial charge in [0.1, 0.15) is 0 Å². The minimum Gasteiger partial charge on any atom is -0.121 e. The van der Waals surface area contributed by atoms with Crippen LogP contribution in [0.3, 0.4) is 0 Å². The Labute approximate surface area is 54.8 Å². The van der Waals surface area contributed by atoms with Crippen LogP contribution in [-0.2, 0) is 0 Å². The molecule has 0 rings (SSSR count). The second-order valence-corrected chi connectivity index (χ2v) is 2.10. The number of hydrogen-bond donors (Lipinski definition) is 0. The van der Waals surface area contributed by atoms with Gasteiger partial charge in [-0.3, -0.25) is 0 Å². The van der Waals surface area contributed by atoms with Gasteiger partial charge < -0.3 is 0 Å². The van der Waals surface area contributed by atoms with Crippen molar-refractivity contribution in [3.05, 3.63) is 12.8 Å². The minimum absolute atomic E-state index is 0.000772. The van der Waals surface area contributed by atoms with E-state index in [1.807, 2.05) is 0 Å². The van der Waals surface area contributed by atoms with Gasteiger partial charge in [-0.15, -0.1) is 23.2 Å². The summed E-state index contributed by atoms with van der Waals surface area (Å²) in [5, 5.41) is -0.000772. The first kappa shape index (κ1) is 7.58. The lowest BCUT2D eigenvalue weighted by atomic mass is 10.3. The molecule has 0 heterocycles. The topological polar surface area (TPSA) is 0 Å². The molecular formula is C5H8Cl2. The van der Waals surface area contributed by atoms with Crippen LogP contribution in [0.2, 0.25) is 0 Å². The third kappa shape index (κ3) is 4.43. The lowest BCUT2D eigenvalue weighted by molar-refractivity contribution is 0.861. The van der Waals surface area contributed by atoms with Gasteiger partial charge in [-0.2, -0.15) is 0 Å². The van der Waals surface area contributed by atoms with Crippen molar-refractivity contribution in [3.63, 3.8) is 0 Å². The third-order valence-electron chi connectivity index (χ3n) is 0.617. The van der Waals surface area contributed by atoms with Gasteiger partial charge in [-0.1, -0.05) is 13.3 Å². The first-order valence-electron chi connectivity index (χ1n) is 2.18. The molecule has 0 aliphatic heterocycles. The maximum Gasteiger partial charge on any atom is 0.0677 e. The highest BCUT2D eigenvalue weighted by molar-refractivity contribution is 6.31. The van der Waals surface area contributed by atoms with E-state index >= 15 is 0 Å². The maximum absolute atomic E-state index is 5.54. The summed E-state index contributed by atoms with van der Waals surface area (Å²) < 4.78 is 0. The van der Waals surface area contributed by atoms with Gasteiger partial charge in [0.2, 0.25) is 0 Å². The molecule has 0 bridgehead atoms. The van der Waals surface area contributed by atoms with Crippen LogP contribution in [0, 0.1) is 12.8 Å². The summed E-state index contributed by atoms with van der Waals surface area (Å²) in [6.45, 7) is 3.61. The Morgan fingerprint density at radius 2 is 2.29 bits per heavy atom. The van der Waals surface area contributed by atoms with Gasteiger partial charge in [0.25, 0.3) is 0 Å². The van der Waals surface area contributed by atoms with Crippen LogP contribution in [0.25, 0.3) is 0 Å². The first-order valence-corrected chi connectivity index (χ1v) is 3.05. The molecule has 7 heavy (non-hydrogen) atoms. The van der Waals surface area contributed by atoms with Crippen molar-refractivity contribution in [1.82, 2.24) is 0 Å². The molecule has 2 radical (unpaired) electrons. The van der Waals surface area contributed by atoms with Crippen LogP contribution >= 0.6 is 23.2 Å². The molecule has 0 aromatic carbocycles. The minimum atomic E-state index is -0.000772. The van der Waals surface area contributed by atoms with Crippen LogP contribution < -0.4 is 0 Å². The van der Waals surface area contributed by atoms with E-state index in [0.717, 1.165) is 12.8 Å². The molecule has 0 aliphatic rings. The zero-order chi connectivity index (χ0) is 5.70. The Kier molecular flexibility index (Phi) is 5.12. The molecule has 0 N–H and O–H groups in total. The molecule has 1 unspecified atom stereocenters. The largest absolute Gasteiger partial charge is 0.121 e. The standard InChI is InChI=1S/C5H8Cl2/c1-2-3-5(7)4-6/h4-5H,1-3H2. The highest BCUT2D eigenvalue weighted by Gasteiger charge is 1.97. The number of hydrogen-bond acceptors (Lipinski definition) is 0. The highest BCUT2D eigenvalue weighted by atomic mass is 35.5. The lowest BCUT2D eigenvalue weighted by Gasteiger charge is -1.97. The number of halogens is 2. The summed E-state index contributed by atoms with van der Waals surface area (Å²) in [7, 11) is 0. The monoisotopic (exact) mass is 138 g/mol. The van der Waals surface area contributed by atoms with Crippen molar-refractivity contribution in [3.8, 4) is 0 Å². The van der Waals surface area contributed by atoms with Crippen molar-refractivity contribution in [2.45, 2.75) is 18.2 Å². The van der Waals surface area contributed by atoms with E-state index in [0.29, 0.717) is 0 Å². The van der Waals surface area contributed by atoms with Gasteiger partial charge in [-0.05, 0) is 6.42 Å². The lowest BCUT2D eigenvalue weighted by Crippen LogP contribution is -1.91. The zero-order valence-electron chi connectivity index (χ0n) is 4.03. The molecule has 0 amide bonds. The second kappa shape index (κ2) is 4.73. The van der Waals surface area contributed by atoms with E-state index in [-0.39, 0.29) is 5.38 Å². The smallest absolute Gasteiger partial charge is 0.0677 e. The van der Waals surface area contributed by atoms with Gasteiger partial charge in [0.05, 0.1) is 11.3 Å². The second-order valence-electron chi connectivity index (χ2n) is 1.28. The van der Waals surface area contributed by atoms with Crippen LogP contribution in [0.1, 0.15) is 12.8 Å². The van der Waals surface area contributed by atoms with Gasteiger partial charge in [-0.25, -0.2) is 0 Å². The third-order valence-corrected chi connectivity index (χ3v) is 1.39. The van der Waals surface area contributed by atoms with Crippen molar-refractivity contribution in [1.29, 1.82) is 0 Å². The molecule has 0 fully saturated rings. The van der Waals surface area contributed by atoms with Crippen molar-refractivity contribution < 1.29 is 0 Å².